The van der Waals surface area contributed by atoms with Crippen molar-refractivity contribution in [3.8, 4) is 0 Å². The van der Waals surface area contributed by atoms with Crippen LogP contribution in [0, 0.1) is 13.8 Å². The highest BCUT2D eigenvalue weighted by molar-refractivity contribution is 7.13. The molecule has 3 aromatic rings. The Morgan fingerprint density at radius 3 is 2.65 bits per heavy atom. The van der Waals surface area contributed by atoms with E-state index in [-0.39, 0.29) is 23.0 Å². The lowest BCUT2D eigenvalue weighted by Gasteiger charge is -2.23. The lowest BCUT2D eigenvalue weighted by Crippen LogP contribution is -2.34. The summed E-state index contributed by atoms with van der Waals surface area (Å²) in [6, 6.07) is 12.5. The third-order valence-electron chi connectivity index (χ3n) is 5.18. The zero-order valence-electron chi connectivity index (χ0n) is 17.2. The molecule has 1 aromatic heterocycles. The first-order valence-electron chi connectivity index (χ1n) is 9.96. The number of urea groups is 1. The number of aryl methyl sites for hydroxylation is 2. The van der Waals surface area contributed by atoms with Crippen LogP contribution < -0.4 is 10.6 Å². The van der Waals surface area contributed by atoms with Gasteiger partial charge in [0.1, 0.15) is 5.01 Å². The molecule has 1 aliphatic heterocycles. The minimum atomic E-state index is -0.309. The van der Waals surface area contributed by atoms with Gasteiger partial charge in [-0.15, -0.1) is 10.2 Å². The molecule has 0 radical (unpaired) electrons. The number of carbonyl (C=O) groups excluding carboxylic acids is 2. The van der Waals surface area contributed by atoms with Gasteiger partial charge in [0.15, 0.2) is 0 Å². The molecule has 2 N–H and O–H groups in total. The van der Waals surface area contributed by atoms with Crippen LogP contribution >= 0.6 is 22.9 Å². The first-order chi connectivity index (χ1) is 14.9. The molecule has 1 unspecified atom stereocenters. The molecule has 0 aliphatic carbocycles. The Morgan fingerprint density at radius 1 is 1.10 bits per heavy atom. The van der Waals surface area contributed by atoms with Gasteiger partial charge in [0, 0.05) is 22.9 Å². The number of aromatic nitrogens is 2. The van der Waals surface area contributed by atoms with Crippen molar-refractivity contribution in [1.82, 2.24) is 15.1 Å². The molecular formula is C22H22ClN5O2S. The van der Waals surface area contributed by atoms with E-state index in [0.29, 0.717) is 27.9 Å². The van der Waals surface area contributed by atoms with Crippen LogP contribution in [0.15, 0.2) is 42.5 Å². The maximum Gasteiger partial charge on any atom is 0.322 e. The van der Waals surface area contributed by atoms with Crippen LogP contribution in [0.5, 0.6) is 0 Å². The summed E-state index contributed by atoms with van der Waals surface area (Å²) in [6.07, 6.45) is 1.63. The molecule has 7 nitrogen and oxygen atoms in total. The van der Waals surface area contributed by atoms with E-state index in [2.05, 4.69) is 20.8 Å². The van der Waals surface area contributed by atoms with Crippen molar-refractivity contribution < 1.29 is 9.59 Å². The molecule has 2 heterocycles. The maximum absolute atomic E-state index is 12.9. The third-order valence-corrected chi connectivity index (χ3v) is 6.44. The lowest BCUT2D eigenvalue weighted by molar-refractivity contribution is 0.102. The number of nitrogens with zero attached hydrogens (tertiary/aromatic N) is 3. The lowest BCUT2D eigenvalue weighted by atomic mass is 10.2. The zero-order chi connectivity index (χ0) is 22.0. The fraction of sp³-hybridized carbons (Fsp3) is 0.273. The van der Waals surface area contributed by atoms with Gasteiger partial charge in [-0.05, 0) is 56.5 Å². The SMILES string of the molecule is Cc1ccc(NC(=O)c2nnc(C3CCCN3C(=O)Nc3cc(Cl)ccc3C)s2)cc1. The summed E-state index contributed by atoms with van der Waals surface area (Å²) in [5.41, 5.74) is 3.42. The Labute approximate surface area is 189 Å². The summed E-state index contributed by atoms with van der Waals surface area (Å²) in [7, 11) is 0. The van der Waals surface area contributed by atoms with Gasteiger partial charge in [0.25, 0.3) is 5.91 Å². The summed E-state index contributed by atoms with van der Waals surface area (Å²) in [6.45, 7) is 4.51. The van der Waals surface area contributed by atoms with Crippen molar-refractivity contribution >= 4 is 46.3 Å². The fourth-order valence-electron chi connectivity index (χ4n) is 3.46. The van der Waals surface area contributed by atoms with Crippen LogP contribution in [0.25, 0.3) is 0 Å². The largest absolute Gasteiger partial charge is 0.322 e. The molecule has 3 amide bonds. The van der Waals surface area contributed by atoms with Gasteiger partial charge in [0.2, 0.25) is 5.01 Å². The Hall–Kier alpha value is -2.97. The van der Waals surface area contributed by atoms with E-state index in [0.717, 1.165) is 24.0 Å². The van der Waals surface area contributed by atoms with Crippen molar-refractivity contribution in [3.63, 3.8) is 0 Å². The first kappa shape index (κ1) is 21.3. The predicted octanol–water partition coefficient (Wildman–Crippen LogP) is 5.43. The van der Waals surface area contributed by atoms with Gasteiger partial charge in [0.05, 0.1) is 6.04 Å². The normalized spacial score (nSPS) is 15.7. The van der Waals surface area contributed by atoms with Crippen molar-refractivity contribution in [2.75, 3.05) is 17.2 Å². The molecule has 1 saturated heterocycles. The summed E-state index contributed by atoms with van der Waals surface area (Å²) in [5.74, 6) is -0.309. The van der Waals surface area contributed by atoms with E-state index in [4.69, 9.17) is 11.6 Å². The second-order valence-electron chi connectivity index (χ2n) is 7.51. The zero-order valence-corrected chi connectivity index (χ0v) is 18.8. The van der Waals surface area contributed by atoms with Crippen molar-refractivity contribution in [2.45, 2.75) is 32.7 Å². The molecule has 2 aromatic carbocycles. The average Bonchev–Trinajstić information content (AvgIpc) is 3.42. The van der Waals surface area contributed by atoms with Gasteiger partial charge in [-0.1, -0.05) is 46.7 Å². The number of carbonyl (C=O) groups is 2. The highest BCUT2D eigenvalue weighted by Crippen LogP contribution is 2.34. The second-order valence-corrected chi connectivity index (χ2v) is 8.95. The number of hydrogen-bond acceptors (Lipinski definition) is 5. The number of halogens is 1. The van der Waals surface area contributed by atoms with Crippen molar-refractivity contribution in [3.05, 3.63) is 68.6 Å². The molecule has 31 heavy (non-hydrogen) atoms. The van der Waals surface area contributed by atoms with E-state index in [9.17, 15) is 9.59 Å². The van der Waals surface area contributed by atoms with Crippen LogP contribution in [-0.2, 0) is 0 Å². The fourth-order valence-corrected chi connectivity index (χ4v) is 4.52. The monoisotopic (exact) mass is 455 g/mol. The predicted molar refractivity (Wildman–Crippen MR) is 123 cm³/mol. The van der Waals surface area contributed by atoms with Crippen LogP contribution in [0.2, 0.25) is 5.02 Å². The Bertz CT molecular complexity index is 1120. The van der Waals surface area contributed by atoms with Gasteiger partial charge in [-0.3, -0.25) is 4.79 Å². The maximum atomic E-state index is 12.9. The highest BCUT2D eigenvalue weighted by atomic mass is 35.5. The minimum Gasteiger partial charge on any atom is -0.320 e. The summed E-state index contributed by atoms with van der Waals surface area (Å²) >= 11 is 7.28. The molecule has 1 atom stereocenters. The number of benzene rings is 2. The topological polar surface area (TPSA) is 87.2 Å². The van der Waals surface area contributed by atoms with Crippen LogP contribution in [0.3, 0.4) is 0 Å². The Balaban J connectivity index is 1.45. The van der Waals surface area contributed by atoms with E-state index in [1.54, 1.807) is 17.0 Å². The summed E-state index contributed by atoms with van der Waals surface area (Å²) < 4.78 is 0. The number of amides is 3. The number of hydrogen-bond donors (Lipinski definition) is 2. The van der Waals surface area contributed by atoms with E-state index in [1.165, 1.54) is 11.3 Å². The van der Waals surface area contributed by atoms with Gasteiger partial charge < -0.3 is 15.5 Å². The van der Waals surface area contributed by atoms with Gasteiger partial charge in [-0.25, -0.2) is 4.79 Å². The van der Waals surface area contributed by atoms with Gasteiger partial charge >= 0.3 is 6.03 Å². The van der Waals surface area contributed by atoms with Crippen molar-refractivity contribution in [1.29, 1.82) is 0 Å². The standard InChI is InChI=1S/C22H22ClN5O2S/c1-13-5-9-16(10-6-13)24-19(29)21-27-26-20(31-21)18-4-3-11-28(18)22(30)25-17-12-15(23)8-7-14(17)2/h5-10,12,18H,3-4,11H2,1-2H3,(H,24,29)(H,25,30). The number of nitrogens with one attached hydrogen (secondary N) is 2. The minimum absolute atomic E-state index is 0.210. The quantitative estimate of drug-likeness (QED) is 0.549. The average molecular weight is 456 g/mol. The molecular weight excluding hydrogens is 434 g/mol. The summed E-state index contributed by atoms with van der Waals surface area (Å²) in [4.78, 5) is 27.2. The molecule has 1 fully saturated rings. The Kier molecular flexibility index (Phi) is 6.20. The van der Waals surface area contributed by atoms with Crippen LogP contribution in [0.4, 0.5) is 16.2 Å². The molecule has 0 saturated carbocycles. The van der Waals surface area contributed by atoms with Crippen molar-refractivity contribution in [2.24, 2.45) is 0 Å². The second kappa shape index (κ2) is 9.03. The molecule has 9 heteroatoms. The number of anilines is 2. The number of rotatable bonds is 4. The first-order valence-corrected chi connectivity index (χ1v) is 11.2. The molecule has 4 rings (SSSR count). The third kappa shape index (κ3) is 4.86. The smallest absolute Gasteiger partial charge is 0.320 e. The molecule has 0 spiro atoms. The van der Waals surface area contributed by atoms with Gasteiger partial charge in [-0.2, -0.15) is 0 Å². The highest BCUT2D eigenvalue weighted by Gasteiger charge is 2.33. The molecule has 1 aliphatic rings. The van der Waals surface area contributed by atoms with Crippen LogP contribution in [-0.4, -0.2) is 33.6 Å². The Morgan fingerprint density at radius 2 is 1.87 bits per heavy atom. The van der Waals surface area contributed by atoms with E-state index in [1.807, 2.05) is 44.2 Å². The summed E-state index contributed by atoms with van der Waals surface area (Å²) in [5, 5.41) is 15.5. The van der Waals surface area contributed by atoms with Crippen LogP contribution in [0.1, 0.15) is 44.8 Å². The van der Waals surface area contributed by atoms with E-state index < -0.39 is 0 Å². The molecule has 160 valence electrons. The molecule has 0 bridgehead atoms. The van der Waals surface area contributed by atoms with E-state index >= 15 is 0 Å². The number of likely N-dealkylation sites (tertiary alicyclic amines) is 1.